The molecule has 5 nitrogen and oxygen atoms in total. The number of carbonyl (C=O) groups excluding carboxylic acids is 1. The second-order valence-electron chi connectivity index (χ2n) is 7.06. The lowest BCUT2D eigenvalue weighted by Crippen LogP contribution is -2.31. The monoisotopic (exact) mass is 376 g/mol. The highest BCUT2D eigenvalue weighted by atomic mass is 19.1. The third-order valence-corrected chi connectivity index (χ3v) is 5.06. The van der Waals surface area contributed by atoms with Gasteiger partial charge in [0.15, 0.2) is 0 Å². The van der Waals surface area contributed by atoms with Crippen LogP contribution >= 0.6 is 0 Å². The number of benzene rings is 1. The molecular formula is C22H21FN4O. The largest absolute Gasteiger partial charge is 0.329 e. The van der Waals surface area contributed by atoms with Crippen molar-refractivity contribution in [1.29, 1.82) is 0 Å². The summed E-state index contributed by atoms with van der Waals surface area (Å²) < 4.78 is 13.9. The minimum Gasteiger partial charge on any atom is -0.329 e. The third kappa shape index (κ3) is 3.76. The van der Waals surface area contributed by atoms with E-state index in [1.807, 2.05) is 30.0 Å². The quantitative estimate of drug-likeness (QED) is 0.693. The van der Waals surface area contributed by atoms with E-state index >= 15 is 0 Å². The lowest BCUT2D eigenvalue weighted by atomic mass is 10.0. The van der Waals surface area contributed by atoms with Crippen molar-refractivity contribution in [3.8, 4) is 0 Å². The number of carbonyl (C=O) groups is 1. The number of aryl methyl sites for hydroxylation is 1. The van der Waals surface area contributed by atoms with Crippen molar-refractivity contribution in [2.75, 3.05) is 6.54 Å². The zero-order valence-corrected chi connectivity index (χ0v) is 15.7. The lowest BCUT2D eigenvalue weighted by molar-refractivity contribution is 0.0726. The first kappa shape index (κ1) is 18.2. The molecule has 0 spiro atoms. The summed E-state index contributed by atoms with van der Waals surface area (Å²) in [5.74, 6) is -0.328. The minimum absolute atomic E-state index is 0.0712. The second kappa shape index (κ2) is 7.84. The van der Waals surface area contributed by atoms with Crippen LogP contribution in [0.2, 0.25) is 0 Å². The number of likely N-dealkylation sites (tertiary alicyclic amines) is 1. The molecule has 0 bridgehead atoms. The van der Waals surface area contributed by atoms with Crippen LogP contribution in [-0.2, 0) is 6.42 Å². The molecule has 3 aromatic rings. The molecule has 28 heavy (non-hydrogen) atoms. The Morgan fingerprint density at radius 3 is 2.68 bits per heavy atom. The molecule has 0 aliphatic carbocycles. The van der Waals surface area contributed by atoms with Gasteiger partial charge in [-0.15, -0.1) is 0 Å². The number of halogens is 1. The van der Waals surface area contributed by atoms with E-state index in [1.165, 1.54) is 12.3 Å². The molecule has 1 amide bonds. The number of aromatic nitrogens is 3. The predicted molar refractivity (Wildman–Crippen MR) is 103 cm³/mol. The average Bonchev–Trinajstić information content (AvgIpc) is 3.20. The Kier molecular flexibility index (Phi) is 5.10. The van der Waals surface area contributed by atoms with Crippen LogP contribution in [0.1, 0.15) is 51.9 Å². The normalized spacial score (nSPS) is 16.4. The average molecular weight is 376 g/mol. The molecule has 0 radical (unpaired) electrons. The van der Waals surface area contributed by atoms with Gasteiger partial charge in [0.2, 0.25) is 0 Å². The molecule has 1 saturated heterocycles. The van der Waals surface area contributed by atoms with Gasteiger partial charge in [0.05, 0.1) is 23.6 Å². The summed E-state index contributed by atoms with van der Waals surface area (Å²) in [6, 6.07) is 10.6. The summed E-state index contributed by atoms with van der Waals surface area (Å²) in [4.78, 5) is 27.6. The molecule has 2 aromatic heterocycles. The molecule has 1 unspecified atom stereocenters. The summed E-state index contributed by atoms with van der Waals surface area (Å²) in [5, 5.41) is 0. The Labute approximate surface area is 163 Å². The Morgan fingerprint density at radius 2 is 1.96 bits per heavy atom. The molecule has 6 heteroatoms. The van der Waals surface area contributed by atoms with Gasteiger partial charge in [-0.1, -0.05) is 24.3 Å². The van der Waals surface area contributed by atoms with Gasteiger partial charge >= 0.3 is 0 Å². The maximum atomic E-state index is 13.9. The maximum Gasteiger partial charge on any atom is 0.274 e. The Morgan fingerprint density at radius 1 is 1.11 bits per heavy atom. The van der Waals surface area contributed by atoms with Gasteiger partial charge in [-0.3, -0.25) is 14.8 Å². The molecule has 3 heterocycles. The van der Waals surface area contributed by atoms with Crippen molar-refractivity contribution in [2.45, 2.75) is 32.2 Å². The van der Waals surface area contributed by atoms with Crippen molar-refractivity contribution in [3.63, 3.8) is 0 Å². The van der Waals surface area contributed by atoms with E-state index in [0.717, 1.165) is 29.8 Å². The molecule has 1 fully saturated rings. The van der Waals surface area contributed by atoms with Crippen LogP contribution in [-0.4, -0.2) is 32.3 Å². The van der Waals surface area contributed by atoms with Gasteiger partial charge in [0, 0.05) is 25.4 Å². The molecule has 1 aliphatic rings. The van der Waals surface area contributed by atoms with Gasteiger partial charge in [-0.25, -0.2) is 9.37 Å². The molecule has 0 N–H and O–H groups in total. The molecule has 0 saturated carbocycles. The van der Waals surface area contributed by atoms with Crippen LogP contribution in [0, 0.1) is 12.7 Å². The van der Waals surface area contributed by atoms with Crippen molar-refractivity contribution in [2.24, 2.45) is 0 Å². The van der Waals surface area contributed by atoms with Crippen LogP contribution in [0.15, 0.2) is 55.0 Å². The standard InChI is InChI=1S/C22H21FN4O/c1-15-12-25-20(14-24-15)22(28)27-10-4-7-21(27)19-9-8-16(13-26-19)11-17-5-2-3-6-18(17)23/h2-3,5-6,8-9,12-14,21H,4,7,10-11H2,1H3. The first-order valence-corrected chi connectivity index (χ1v) is 9.39. The molecule has 4 rings (SSSR count). The highest BCUT2D eigenvalue weighted by Crippen LogP contribution is 2.32. The van der Waals surface area contributed by atoms with Crippen LogP contribution in [0.3, 0.4) is 0 Å². The van der Waals surface area contributed by atoms with Gasteiger partial charge < -0.3 is 4.90 Å². The van der Waals surface area contributed by atoms with Crippen molar-refractivity contribution in [3.05, 3.63) is 89.0 Å². The van der Waals surface area contributed by atoms with E-state index in [1.54, 1.807) is 24.5 Å². The zero-order chi connectivity index (χ0) is 19.5. The molecule has 1 aliphatic heterocycles. The molecule has 1 atom stereocenters. The number of rotatable bonds is 4. The molecular weight excluding hydrogens is 355 g/mol. The Bertz CT molecular complexity index is 973. The smallest absolute Gasteiger partial charge is 0.274 e. The summed E-state index contributed by atoms with van der Waals surface area (Å²) in [5.41, 5.74) is 3.57. The number of amides is 1. The van der Waals surface area contributed by atoms with Crippen molar-refractivity contribution in [1.82, 2.24) is 19.9 Å². The van der Waals surface area contributed by atoms with E-state index < -0.39 is 0 Å². The fourth-order valence-electron chi connectivity index (χ4n) is 3.57. The Hall–Kier alpha value is -3.15. The highest BCUT2D eigenvalue weighted by molar-refractivity contribution is 5.92. The topological polar surface area (TPSA) is 59.0 Å². The zero-order valence-electron chi connectivity index (χ0n) is 15.7. The fourth-order valence-corrected chi connectivity index (χ4v) is 3.57. The van der Waals surface area contributed by atoms with Crippen LogP contribution in [0.4, 0.5) is 4.39 Å². The van der Waals surface area contributed by atoms with E-state index in [9.17, 15) is 9.18 Å². The van der Waals surface area contributed by atoms with Crippen molar-refractivity contribution < 1.29 is 9.18 Å². The predicted octanol–water partition coefficient (Wildman–Crippen LogP) is 3.89. The number of nitrogens with zero attached hydrogens (tertiary/aromatic N) is 4. The summed E-state index contributed by atoms with van der Waals surface area (Å²) in [7, 11) is 0. The van der Waals surface area contributed by atoms with Crippen LogP contribution < -0.4 is 0 Å². The van der Waals surface area contributed by atoms with Gasteiger partial charge in [-0.2, -0.15) is 0 Å². The van der Waals surface area contributed by atoms with Gasteiger partial charge in [0.25, 0.3) is 5.91 Å². The summed E-state index contributed by atoms with van der Waals surface area (Å²) >= 11 is 0. The number of hydrogen-bond acceptors (Lipinski definition) is 4. The van der Waals surface area contributed by atoms with Gasteiger partial charge in [-0.05, 0) is 43.0 Å². The van der Waals surface area contributed by atoms with E-state index in [-0.39, 0.29) is 17.8 Å². The third-order valence-electron chi connectivity index (χ3n) is 5.06. The molecule has 1 aromatic carbocycles. The maximum absolute atomic E-state index is 13.9. The van der Waals surface area contributed by atoms with E-state index in [0.29, 0.717) is 24.2 Å². The molecule has 142 valence electrons. The van der Waals surface area contributed by atoms with Gasteiger partial charge in [0.1, 0.15) is 11.5 Å². The number of pyridine rings is 1. The first-order chi connectivity index (χ1) is 13.6. The van der Waals surface area contributed by atoms with Crippen LogP contribution in [0.5, 0.6) is 0 Å². The number of hydrogen-bond donors (Lipinski definition) is 0. The lowest BCUT2D eigenvalue weighted by Gasteiger charge is -2.24. The second-order valence-corrected chi connectivity index (χ2v) is 7.06. The summed E-state index contributed by atoms with van der Waals surface area (Å²) in [6.07, 6.45) is 7.19. The van der Waals surface area contributed by atoms with E-state index in [4.69, 9.17) is 0 Å². The Balaban J connectivity index is 1.50. The summed E-state index contributed by atoms with van der Waals surface area (Å²) in [6.45, 7) is 2.52. The SMILES string of the molecule is Cc1cnc(C(=O)N2CCCC2c2ccc(Cc3ccccc3F)cn2)cn1. The van der Waals surface area contributed by atoms with Crippen molar-refractivity contribution >= 4 is 5.91 Å². The first-order valence-electron chi connectivity index (χ1n) is 9.39. The minimum atomic E-state index is -0.210. The fraction of sp³-hybridized carbons (Fsp3) is 0.273. The highest BCUT2D eigenvalue weighted by Gasteiger charge is 2.32. The van der Waals surface area contributed by atoms with Crippen LogP contribution in [0.25, 0.3) is 0 Å². The van der Waals surface area contributed by atoms with E-state index in [2.05, 4.69) is 15.0 Å².